The summed E-state index contributed by atoms with van der Waals surface area (Å²) in [5, 5.41) is 14.2. The van der Waals surface area contributed by atoms with Crippen LogP contribution in [0.1, 0.15) is 39.3 Å². The maximum Gasteiger partial charge on any atom is 0.328 e. The molecule has 1 aliphatic heterocycles. The maximum atomic E-state index is 12.4. The van der Waals surface area contributed by atoms with Gasteiger partial charge >= 0.3 is 5.97 Å². The SMILES string of the molecule is O=C(NC(CNC(=O)c1ccc(Cl)s1)C(=O)O)c1ccc(N2CCCCC2=O)cc1. The van der Waals surface area contributed by atoms with Crippen LogP contribution < -0.4 is 15.5 Å². The van der Waals surface area contributed by atoms with Crippen LogP contribution in [0.4, 0.5) is 5.69 Å². The average Bonchev–Trinajstić information content (AvgIpc) is 3.17. The molecule has 1 aromatic heterocycles. The fourth-order valence-corrected chi connectivity index (χ4v) is 3.99. The van der Waals surface area contributed by atoms with Crippen LogP contribution in [0.2, 0.25) is 4.34 Å². The summed E-state index contributed by atoms with van der Waals surface area (Å²) in [6.07, 6.45) is 2.31. The normalized spacial score (nSPS) is 14.8. The molecule has 30 heavy (non-hydrogen) atoms. The molecule has 1 atom stereocenters. The van der Waals surface area contributed by atoms with Gasteiger partial charge in [0.05, 0.1) is 9.21 Å². The molecule has 1 fully saturated rings. The molecule has 10 heteroatoms. The Morgan fingerprint density at radius 2 is 1.83 bits per heavy atom. The van der Waals surface area contributed by atoms with Crippen molar-refractivity contribution >= 4 is 52.3 Å². The van der Waals surface area contributed by atoms with Crippen molar-refractivity contribution in [1.29, 1.82) is 0 Å². The van der Waals surface area contributed by atoms with Crippen LogP contribution in [0, 0.1) is 0 Å². The third-order valence-electron chi connectivity index (χ3n) is 4.63. The molecular formula is C20H20ClN3O5S. The Morgan fingerprint density at radius 1 is 1.10 bits per heavy atom. The number of aliphatic carboxylic acids is 1. The van der Waals surface area contributed by atoms with E-state index < -0.39 is 23.8 Å². The van der Waals surface area contributed by atoms with Crippen LogP contribution in [0.15, 0.2) is 36.4 Å². The Bertz CT molecular complexity index is 960. The second kappa shape index (κ2) is 9.73. The van der Waals surface area contributed by atoms with Gasteiger partial charge in [0, 0.05) is 30.8 Å². The van der Waals surface area contributed by atoms with Gasteiger partial charge in [0.2, 0.25) is 5.91 Å². The van der Waals surface area contributed by atoms with Gasteiger partial charge in [-0.1, -0.05) is 11.6 Å². The molecule has 3 amide bonds. The fourth-order valence-electron chi connectivity index (χ4n) is 3.03. The van der Waals surface area contributed by atoms with Crippen molar-refractivity contribution < 1.29 is 24.3 Å². The molecule has 3 N–H and O–H groups in total. The van der Waals surface area contributed by atoms with Crippen LogP contribution >= 0.6 is 22.9 Å². The summed E-state index contributed by atoms with van der Waals surface area (Å²) in [4.78, 5) is 50.0. The number of carboxylic acid groups (broad SMARTS) is 1. The third-order valence-corrected chi connectivity index (χ3v) is 5.86. The summed E-state index contributed by atoms with van der Waals surface area (Å²) in [7, 11) is 0. The molecule has 158 valence electrons. The van der Waals surface area contributed by atoms with Crippen molar-refractivity contribution in [1.82, 2.24) is 10.6 Å². The van der Waals surface area contributed by atoms with Crippen LogP contribution in [0.25, 0.3) is 0 Å². The largest absolute Gasteiger partial charge is 0.480 e. The zero-order chi connectivity index (χ0) is 21.7. The number of nitrogens with zero attached hydrogens (tertiary/aromatic N) is 1. The molecule has 2 heterocycles. The first kappa shape index (κ1) is 21.8. The minimum absolute atomic E-state index is 0.0483. The van der Waals surface area contributed by atoms with Crippen molar-refractivity contribution in [2.24, 2.45) is 0 Å². The first-order valence-electron chi connectivity index (χ1n) is 9.33. The van der Waals surface area contributed by atoms with Crippen molar-refractivity contribution in [2.45, 2.75) is 25.3 Å². The number of hydrogen-bond acceptors (Lipinski definition) is 5. The van der Waals surface area contributed by atoms with Crippen LogP contribution in [-0.4, -0.2) is 47.9 Å². The van der Waals surface area contributed by atoms with E-state index in [-0.39, 0.29) is 18.0 Å². The predicted molar refractivity (Wildman–Crippen MR) is 113 cm³/mol. The summed E-state index contributed by atoms with van der Waals surface area (Å²) < 4.78 is 0.443. The number of nitrogens with one attached hydrogen (secondary N) is 2. The number of carbonyl (C=O) groups is 4. The zero-order valence-electron chi connectivity index (χ0n) is 15.9. The summed E-state index contributed by atoms with van der Waals surface area (Å²) in [5.41, 5.74) is 0.957. The van der Waals surface area contributed by atoms with E-state index in [1.54, 1.807) is 23.1 Å². The smallest absolute Gasteiger partial charge is 0.328 e. The van der Waals surface area contributed by atoms with Gasteiger partial charge in [-0.15, -0.1) is 11.3 Å². The van der Waals surface area contributed by atoms with E-state index in [1.165, 1.54) is 18.2 Å². The molecule has 0 saturated carbocycles. The van der Waals surface area contributed by atoms with E-state index in [0.29, 0.717) is 27.9 Å². The van der Waals surface area contributed by atoms with E-state index >= 15 is 0 Å². The molecule has 0 spiro atoms. The van der Waals surface area contributed by atoms with E-state index in [4.69, 9.17) is 11.6 Å². The Kier molecular flexibility index (Phi) is 7.07. The zero-order valence-corrected chi connectivity index (χ0v) is 17.5. The third kappa shape index (κ3) is 5.37. The van der Waals surface area contributed by atoms with Gasteiger partial charge in [-0.25, -0.2) is 4.79 Å². The standard InChI is InChI=1S/C20H20ClN3O5S/c21-16-9-8-15(30-16)19(27)22-11-14(20(28)29)23-18(26)12-4-6-13(7-5-12)24-10-2-1-3-17(24)25/h4-9,14H,1-3,10-11H2,(H,22,27)(H,23,26)(H,28,29). The maximum absolute atomic E-state index is 12.4. The van der Waals surface area contributed by atoms with Crippen LogP contribution in [-0.2, 0) is 9.59 Å². The van der Waals surface area contributed by atoms with E-state index in [9.17, 15) is 24.3 Å². The Balaban J connectivity index is 1.59. The first-order valence-corrected chi connectivity index (χ1v) is 10.5. The quantitative estimate of drug-likeness (QED) is 0.600. The number of amides is 3. The summed E-state index contributed by atoms with van der Waals surface area (Å²) in [5.74, 6) is -2.29. The second-order valence-corrected chi connectivity index (χ2v) is 8.44. The number of hydrogen-bond donors (Lipinski definition) is 3. The molecule has 8 nitrogen and oxygen atoms in total. The minimum atomic E-state index is -1.31. The van der Waals surface area contributed by atoms with Gasteiger partial charge < -0.3 is 20.6 Å². The molecule has 2 aromatic rings. The van der Waals surface area contributed by atoms with Crippen molar-refractivity contribution in [3.8, 4) is 0 Å². The Morgan fingerprint density at radius 3 is 2.43 bits per heavy atom. The number of thiophene rings is 1. The lowest BCUT2D eigenvalue weighted by atomic mass is 10.1. The van der Waals surface area contributed by atoms with Gasteiger partial charge in [-0.3, -0.25) is 14.4 Å². The van der Waals surface area contributed by atoms with Crippen molar-refractivity contribution in [3.63, 3.8) is 0 Å². The molecular weight excluding hydrogens is 430 g/mol. The number of rotatable bonds is 7. The van der Waals surface area contributed by atoms with Gasteiger partial charge in [-0.2, -0.15) is 0 Å². The van der Waals surface area contributed by atoms with E-state index in [2.05, 4.69) is 10.6 Å². The number of benzene rings is 1. The molecule has 1 aliphatic rings. The lowest BCUT2D eigenvalue weighted by Crippen LogP contribution is -2.48. The van der Waals surface area contributed by atoms with Gasteiger partial charge in [0.1, 0.15) is 6.04 Å². The number of piperidine rings is 1. The number of carbonyl (C=O) groups excluding carboxylic acids is 3. The topological polar surface area (TPSA) is 116 Å². The average molecular weight is 450 g/mol. The van der Waals surface area contributed by atoms with Crippen LogP contribution in [0.3, 0.4) is 0 Å². The highest BCUT2D eigenvalue weighted by Crippen LogP contribution is 2.22. The predicted octanol–water partition coefficient (Wildman–Crippen LogP) is 2.53. The van der Waals surface area contributed by atoms with Crippen molar-refractivity contribution in [2.75, 3.05) is 18.0 Å². The molecule has 0 aliphatic carbocycles. The summed E-state index contributed by atoms with van der Waals surface area (Å²) in [6.45, 7) is 0.358. The highest BCUT2D eigenvalue weighted by atomic mass is 35.5. The molecule has 0 radical (unpaired) electrons. The highest BCUT2D eigenvalue weighted by molar-refractivity contribution is 7.18. The Hall–Kier alpha value is -2.91. The monoisotopic (exact) mass is 449 g/mol. The molecule has 3 rings (SSSR count). The Labute approximate surface area is 181 Å². The van der Waals surface area contributed by atoms with Crippen LogP contribution in [0.5, 0.6) is 0 Å². The van der Waals surface area contributed by atoms with Crippen molar-refractivity contribution in [3.05, 3.63) is 51.2 Å². The van der Waals surface area contributed by atoms with Gasteiger partial charge in [-0.05, 0) is 49.2 Å². The lowest BCUT2D eigenvalue weighted by Gasteiger charge is -2.26. The van der Waals surface area contributed by atoms with Gasteiger partial charge in [0.25, 0.3) is 11.8 Å². The lowest BCUT2D eigenvalue weighted by molar-refractivity contribution is -0.139. The second-order valence-electron chi connectivity index (χ2n) is 6.73. The molecule has 0 bridgehead atoms. The summed E-state index contributed by atoms with van der Waals surface area (Å²) in [6, 6.07) is 8.20. The summed E-state index contributed by atoms with van der Waals surface area (Å²) >= 11 is 6.86. The highest BCUT2D eigenvalue weighted by Gasteiger charge is 2.23. The number of anilines is 1. The molecule has 1 saturated heterocycles. The number of carboxylic acids is 1. The molecule has 1 aromatic carbocycles. The van der Waals surface area contributed by atoms with E-state index in [0.717, 1.165) is 24.2 Å². The number of halogens is 1. The first-order chi connectivity index (χ1) is 14.3. The minimum Gasteiger partial charge on any atom is -0.480 e. The van der Waals surface area contributed by atoms with E-state index in [1.807, 2.05) is 0 Å². The fraction of sp³-hybridized carbons (Fsp3) is 0.300. The molecule has 1 unspecified atom stereocenters. The van der Waals surface area contributed by atoms with Gasteiger partial charge in [0.15, 0.2) is 0 Å².